The summed E-state index contributed by atoms with van der Waals surface area (Å²) in [6.45, 7) is 0. The molecule has 0 aromatic carbocycles. The highest BCUT2D eigenvalue weighted by atomic mass is 35.5. The summed E-state index contributed by atoms with van der Waals surface area (Å²) in [5.41, 5.74) is 0.225. The van der Waals surface area contributed by atoms with Crippen LogP contribution in [0, 0.1) is 0 Å². The molecule has 5 heteroatoms. The first kappa shape index (κ1) is 10.5. The largest absolute Gasteiger partial charge is 0.506 e. The quantitative estimate of drug-likeness (QED) is 0.461. The normalized spacial score (nSPS) is 10.4. The molecule has 0 fully saturated rings. The van der Waals surface area contributed by atoms with E-state index in [9.17, 15) is 9.90 Å². The summed E-state index contributed by atoms with van der Waals surface area (Å²) in [7, 11) is 1.26. The number of carbonyl (C=O) groups is 1. The van der Waals surface area contributed by atoms with Crippen LogP contribution in [0.2, 0.25) is 5.15 Å². The minimum absolute atomic E-state index is 0.0467. The van der Waals surface area contributed by atoms with Crippen LogP contribution in [0.15, 0.2) is 18.2 Å². The maximum atomic E-state index is 10.7. The molecule has 1 aromatic heterocycles. The van der Waals surface area contributed by atoms with E-state index >= 15 is 0 Å². The number of nitrogens with zero attached hydrogens (tertiary/aromatic N) is 1. The molecule has 0 aliphatic carbocycles. The number of aromatic hydroxyl groups is 1. The molecular formula is C9H8ClNO3. The van der Waals surface area contributed by atoms with E-state index in [0.717, 1.165) is 6.08 Å². The number of pyridine rings is 1. The molecule has 0 atom stereocenters. The molecule has 0 radical (unpaired) electrons. The summed E-state index contributed by atoms with van der Waals surface area (Å²) >= 11 is 5.59. The van der Waals surface area contributed by atoms with Gasteiger partial charge in [-0.05, 0) is 18.2 Å². The zero-order chi connectivity index (χ0) is 10.6. The van der Waals surface area contributed by atoms with Crippen LogP contribution in [0.3, 0.4) is 0 Å². The van der Waals surface area contributed by atoms with E-state index in [1.54, 1.807) is 0 Å². The van der Waals surface area contributed by atoms with E-state index in [-0.39, 0.29) is 16.6 Å². The highest BCUT2D eigenvalue weighted by molar-refractivity contribution is 6.29. The predicted octanol–water partition coefficient (Wildman–Crippen LogP) is 1.63. The third kappa shape index (κ3) is 2.74. The number of rotatable bonds is 2. The van der Waals surface area contributed by atoms with Crippen molar-refractivity contribution in [2.45, 2.75) is 0 Å². The summed E-state index contributed by atoms with van der Waals surface area (Å²) in [6.07, 6.45) is 2.48. The first-order valence-electron chi connectivity index (χ1n) is 3.75. The van der Waals surface area contributed by atoms with E-state index < -0.39 is 5.97 Å². The standard InChI is InChI=1S/C9H8ClNO3/c1-14-9(13)5-2-6-7(12)3-4-8(10)11-6/h2-5,12H,1H3. The zero-order valence-electron chi connectivity index (χ0n) is 7.40. The number of methoxy groups -OCH3 is 1. The SMILES string of the molecule is COC(=O)C=Cc1nc(Cl)ccc1O. The van der Waals surface area contributed by atoms with Crippen LogP contribution in [-0.4, -0.2) is 23.2 Å². The minimum Gasteiger partial charge on any atom is -0.506 e. The Balaban J connectivity index is 2.90. The lowest BCUT2D eigenvalue weighted by Crippen LogP contribution is -1.93. The van der Waals surface area contributed by atoms with Crippen molar-refractivity contribution in [3.8, 4) is 5.75 Å². The van der Waals surface area contributed by atoms with Crippen LogP contribution < -0.4 is 0 Å². The Kier molecular flexibility index (Phi) is 3.48. The number of halogens is 1. The molecule has 0 saturated carbocycles. The summed E-state index contributed by atoms with van der Waals surface area (Å²) in [5, 5.41) is 9.54. The maximum absolute atomic E-state index is 10.7. The van der Waals surface area contributed by atoms with Crippen LogP contribution in [0.25, 0.3) is 6.08 Å². The summed E-state index contributed by atoms with van der Waals surface area (Å²) in [6, 6.07) is 2.85. The van der Waals surface area contributed by atoms with E-state index in [0.29, 0.717) is 0 Å². The van der Waals surface area contributed by atoms with Crippen molar-refractivity contribution in [3.05, 3.63) is 29.1 Å². The Morgan fingerprint density at radius 2 is 2.36 bits per heavy atom. The lowest BCUT2D eigenvalue weighted by atomic mass is 10.3. The van der Waals surface area contributed by atoms with Gasteiger partial charge in [-0.3, -0.25) is 0 Å². The van der Waals surface area contributed by atoms with Crippen molar-refractivity contribution < 1.29 is 14.6 Å². The number of carbonyl (C=O) groups excluding carboxylic acids is 1. The van der Waals surface area contributed by atoms with Crippen molar-refractivity contribution >= 4 is 23.6 Å². The van der Waals surface area contributed by atoms with Crippen molar-refractivity contribution in [2.24, 2.45) is 0 Å². The zero-order valence-corrected chi connectivity index (χ0v) is 8.15. The number of esters is 1. The smallest absolute Gasteiger partial charge is 0.330 e. The third-order valence-corrected chi connectivity index (χ3v) is 1.66. The Labute approximate surface area is 85.8 Å². The molecule has 0 bridgehead atoms. The van der Waals surface area contributed by atoms with Crippen LogP contribution in [0.5, 0.6) is 5.75 Å². The topological polar surface area (TPSA) is 59.4 Å². The van der Waals surface area contributed by atoms with Crippen molar-refractivity contribution in [1.29, 1.82) is 0 Å². The molecular weight excluding hydrogens is 206 g/mol. The van der Waals surface area contributed by atoms with E-state index in [1.165, 1.54) is 25.3 Å². The van der Waals surface area contributed by atoms with E-state index in [2.05, 4.69) is 9.72 Å². The lowest BCUT2D eigenvalue weighted by molar-refractivity contribution is -0.134. The van der Waals surface area contributed by atoms with Gasteiger partial charge in [0.15, 0.2) is 0 Å². The van der Waals surface area contributed by atoms with Crippen LogP contribution >= 0.6 is 11.6 Å². The van der Waals surface area contributed by atoms with E-state index in [1.807, 2.05) is 0 Å². The fourth-order valence-electron chi connectivity index (χ4n) is 0.780. The maximum Gasteiger partial charge on any atom is 0.330 e. The highest BCUT2D eigenvalue weighted by Crippen LogP contribution is 2.18. The van der Waals surface area contributed by atoms with Crippen LogP contribution in [0.1, 0.15) is 5.69 Å². The summed E-state index contributed by atoms with van der Waals surface area (Å²) in [5.74, 6) is -0.569. The molecule has 1 aromatic rings. The molecule has 1 N–H and O–H groups in total. The van der Waals surface area contributed by atoms with Gasteiger partial charge in [0.25, 0.3) is 0 Å². The average molecular weight is 214 g/mol. The first-order chi connectivity index (χ1) is 6.63. The van der Waals surface area contributed by atoms with Gasteiger partial charge >= 0.3 is 5.97 Å². The molecule has 0 spiro atoms. The lowest BCUT2D eigenvalue weighted by Gasteiger charge is -1.97. The second-order valence-corrected chi connectivity index (χ2v) is 2.78. The first-order valence-corrected chi connectivity index (χ1v) is 4.13. The van der Waals surface area contributed by atoms with Gasteiger partial charge in [0.2, 0.25) is 0 Å². The Morgan fingerprint density at radius 3 is 3.00 bits per heavy atom. The number of ether oxygens (including phenoxy) is 1. The van der Waals surface area contributed by atoms with E-state index in [4.69, 9.17) is 11.6 Å². The second-order valence-electron chi connectivity index (χ2n) is 2.39. The minimum atomic E-state index is -0.522. The van der Waals surface area contributed by atoms with Crippen molar-refractivity contribution in [2.75, 3.05) is 7.11 Å². The number of hydrogen-bond donors (Lipinski definition) is 1. The fourth-order valence-corrected chi connectivity index (χ4v) is 0.934. The van der Waals surface area contributed by atoms with Gasteiger partial charge in [0, 0.05) is 6.08 Å². The third-order valence-electron chi connectivity index (χ3n) is 1.45. The predicted molar refractivity (Wildman–Crippen MR) is 52.0 cm³/mol. The fraction of sp³-hybridized carbons (Fsp3) is 0.111. The number of hydrogen-bond acceptors (Lipinski definition) is 4. The Hall–Kier alpha value is -1.55. The molecule has 0 aliphatic heterocycles. The molecule has 74 valence electrons. The Morgan fingerprint density at radius 1 is 1.64 bits per heavy atom. The molecule has 0 amide bonds. The molecule has 0 aliphatic rings. The van der Waals surface area contributed by atoms with Crippen LogP contribution in [-0.2, 0) is 9.53 Å². The van der Waals surface area contributed by atoms with Crippen molar-refractivity contribution in [3.63, 3.8) is 0 Å². The molecule has 0 saturated heterocycles. The molecule has 4 nitrogen and oxygen atoms in total. The van der Waals surface area contributed by atoms with Gasteiger partial charge in [0.1, 0.15) is 16.6 Å². The van der Waals surface area contributed by atoms with Gasteiger partial charge in [0.05, 0.1) is 7.11 Å². The highest BCUT2D eigenvalue weighted by Gasteiger charge is 2.00. The average Bonchev–Trinajstić information content (AvgIpc) is 2.19. The van der Waals surface area contributed by atoms with Gasteiger partial charge in [-0.25, -0.2) is 9.78 Å². The monoisotopic (exact) mass is 213 g/mol. The van der Waals surface area contributed by atoms with Crippen molar-refractivity contribution in [1.82, 2.24) is 4.98 Å². The van der Waals surface area contributed by atoms with Gasteiger partial charge in [-0.15, -0.1) is 0 Å². The van der Waals surface area contributed by atoms with Crippen LogP contribution in [0.4, 0.5) is 0 Å². The van der Waals surface area contributed by atoms with Gasteiger partial charge < -0.3 is 9.84 Å². The number of aromatic nitrogens is 1. The molecule has 1 rings (SSSR count). The van der Waals surface area contributed by atoms with Gasteiger partial charge in [-0.2, -0.15) is 0 Å². The second kappa shape index (κ2) is 4.62. The Bertz CT molecular complexity index is 376. The molecule has 1 heterocycles. The summed E-state index contributed by atoms with van der Waals surface area (Å²) in [4.78, 5) is 14.5. The summed E-state index contributed by atoms with van der Waals surface area (Å²) < 4.78 is 4.37. The molecule has 14 heavy (non-hydrogen) atoms. The van der Waals surface area contributed by atoms with Gasteiger partial charge in [-0.1, -0.05) is 11.6 Å². The molecule has 0 unspecified atom stereocenters.